The van der Waals surface area contributed by atoms with Crippen LogP contribution >= 0.6 is 0 Å². The Morgan fingerprint density at radius 2 is 1.88 bits per heavy atom. The fourth-order valence-corrected chi connectivity index (χ4v) is 1.93. The molecule has 0 fully saturated rings. The predicted molar refractivity (Wildman–Crippen MR) is 75.6 cm³/mol. The van der Waals surface area contributed by atoms with Gasteiger partial charge in [-0.05, 0) is 46.7 Å². The third-order valence-corrected chi connectivity index (χ3v) is 3.62. The van der Waals surface area contributed by atoms with Gasteiger partial charge in [0.1, 0.15) is 0 Å². The van der Waals surface area contributed by atoms with Crippen molar-refractivity contribution >= 4 is 0 Å². The highest BCUT2D eigenvalue weighted by Gasteiger charge is 2.11. The van der Waals surface area contributed by atoms with Crippen LogP contribution in [0.15, 0.2) is 0 Å². The van der Waals surface area contributed by atoms with Gasteiger partial charge in [-0.3, -0.25) is 4.90 Å². The van der Waals surface area contributed by atoms with E-state index in [-0.39, 0.29) is 0 Å². The van der Waals surface area contributed by atoms with Gasteiger partial charge in [-0.15, -0.1) is 0 Å². The second-order valence-corrected chi connectivity index (χ2v) is 4.97. The monoisotopic (exact) mass is 244 g/mol. The van der Waals surface area contributed by atoms with Crippen molar-refractivity contribution in [2.45, 2.75) is 58.5 Å². The van der Waals surface area contributed by atoms with Crippen molar-refractivity contribution in [3.05, 3.63) is 0 Å². The molecule has 0 rings (SSSR count). The summed E-state index contributed by atoms with van der Waals surface area (Å²) in [7, 11) is 3.82. The standard InChI is InChI=1S/C14H32N2O/c1-6-14(3)16(11-12-17-5)10-8-7-9-13(2)15-4/h13-15H,6-12H2,1-5H3. The summed E-state index contributed by atoms with van der Waals surface area (Å²) in [5, 5.41) is 3.29. The smallest absolute Gasteiger partial charge is 0.0589 e. The van der Waals surface area contributed by atoms with E-state index in [0.717, 1.165) is 13.2 Å². The summed E-state index contributed by atoms with van der Waals surface area (Å²) in [4.78, 5) is 2.55. The van der Waals surface area contributed by atoms with Gasteiger partial charge in [0.25, 0.3) is 0 Å². The summed E-state index contributed by atoms with van der Waals surface area (Å²) in [6.45, 7) is 9.93. The maximum absolute atomic E-state index is 5.18. The number of rotatable bonds is 11. The van der Waals surface area contributed by atoms with Crippen LogP contribution < -0.4 is 5.32 Å². The van der Waals surface area contributed by atoms with Gasteiger partial charge in [-0.1, -0.05) is 13.3 Å². The van der Waals surface area contributed by atoms with Crippen LogP contribution in [0.2, 0.25) is 0 Å². The highest BCUT2D eigenvalue weighted by molar-refractivity contribution is 4.66. The van der Waals surface area contributed by atoms with Gasteiger partial charge in [0.15, 0.2) is 0 Å². The lowest BCUT2D eigenvalue weighted by molar-refractivity contribution is 0.121. The number of unbranched alkanes of at least 4 members (excludes halogenated alkanes) is 1. The van der Waals surface area contributed by atoms with Crippen LogP contribution in [0.1, 0.15) is 46.5 Å². The molecule has 0 saturated carbocycles. The Labute approximate surface area is 108 Å². The van der Waals surface area contributed by atoms with Crippen molar-refractivity contribution in [1.82, 2.24) is 10.2 Å². The summed E-state index contributed by atoms with van der Waals surface area (Å²) in [5.74, 6) is 0. The fourth-order valence-electron chi connectivity index (χ4n) is 1.93. The Bertz CT molecular complexity index is 164. The Kier molecular flexibility index (Phi) is 10.9. The molecule has 0 aliphatic rings. The molecule has 0 amide bonds. The van der Waals surface area contributed by atoms with E-state index >= 15 is 0 Å². The molecule has 0 aromatic carbocycles. The van der Waals surface area contributed by atoms with E-state index in [1.54, 1.807) is 7.11 Å². The van der Waals surface area contributed by atoms with Gasteiger partial charge >= 0.3 is 0 Å². The fraction of sp³-hybridized carbons (Fsp3) is 1.00. The molecule has 0 aliphatic carbocycles. The van der Waals surface area contributed by atoms with Crippen LogP contribution in [0.5, 0.6) is 0 Å². The first kappa shape index (κ1) is 16.9. The third kappa shape index (κ3) is 8.58. The average Bonchev–Trinajstić information content (AvgIpc) is 2.36. The van der Waals surface area contributed by atoms with Crippen molar-refractivity contribution in [3.63, 3.8) is 0 Å². The topological polar surface area (TPSA) is 24.5 Å². The molecule has 2 atom stereocenters. The maximum atomic E-state index is 5.18. The van der Waals surface area contributed by atoms with Crippen LogP contribution in [-0.2, 0) is 4.74 Å². The first-order chi connectivity index (χ1) is 8.15. The van der Waals surface area contributed by atoms with Crippen molar-refractivity contribution in [2.75, 3.05) is 33.9 Å². The molecule has 0 radical (unpaired) electrons. The number of hydrogen-bond acceptors (Lipinski definition) is 3. The lowest BCUT2D eigenvalue weighted by Crippen LogP contribution is -2.36. The normalized spacial score (nSPS) is 15.2. The summed E-state index contributed by atoms with van der Waals surface area (Å²) in [6.07, 6.45) is 5.09. The Morgan fingerprint density at radius 3 is 2.41 bits per heavy atom. The largest absolute Gasteiger partial charge is 0.383 e. The molecular formula is C14H32N2O. The summed E-state index contributed by atoms with van der Waals surface area (Å²) < 4.78 is 5.18. The van der Waals surface area contributed by atoms with Crippen molar-refractivity contribution in [3.8, 4) is 0 Å². The molecule has 3 nitrogen and oxygen atoms in total. The Morgan fingerprint density at radius 1 is 1.18 bits per heavy atom. The quantitative estimate of drug-likeness (QED) is 0.565. The van der Waals surface area contributed by atoms with E-state index in [0.29, 0.717) is 12.1 Å². The molecule has 3 heteroatoms. The van der Waals surface area contributed by atoms with Gasteiger partial charge in [0.2, 0.25) is 0 Å². The first-order valence-electron chi connectivity index (χ1n) is 7.05. The maximum Gasteiger partial charge on any atom is 0.0589 e. The molecule has 0 bridgehead atoms. The number of methoxy groups -OCH3 is 1. The lowest BCUT2D eigenvalue weighted by Gasteiger charge is -2.28. The minimum atomic E-state index is 0.644. The zero-order valence-corrected chi connectivity index (χ0v) is 12.5. The highest BCUT2D eigenvalue weighted by Crippen LogP contribution is 2.07. The molecule has 0 heterocycles. The van der Waals surface area contributed by atoms with Gasteiger partial charge in [-0.2, -0.15) is 0 Å². The lowest BCUT2D eigenvalue weighted by atomic mass is 10.1. The molecule has 0 saturated heterocycles. The Balaban J connectivity index is 3.75. The summed E-state index contributed by atoms with van der Waals surface area (Å²) in [6, 6.07) is 1.32. The second-order valence-electron chi connectivity index (χ2n) is 4.97. The van der Waals surface area contributed by atoms with Crippen LogP contribution in [0.4, 0.5) is 0 Å². The SMILES string of the molecule is CCC(C)N(CCCCC(C)NC)CCOC. The molecule has 17 heavy (non-hydrogen) atoms. The van der Waals surface area contributed by atoms with E-state index in [4.69, 9.17) is 4.74 Å². The zero-order valence-electron chi connectivity index (χ0n) is 12.5. The molecule has 104 valence electrons. The third-order valence-electron chi connectivity index (χ3n) is 3.62. The number of hydrogen-bond donors (Lipinski definition) is 1. The summed E-state index contributed by atoms with van der Waals surface area (Å²) >= 11 is 0. The molecule has 0 aliphatic heterocycles. The van der Waals surface area contributed by atoms with Crippen molar-refractivity contribution in [1.29, 1.82) is 0 Å². The van der Waals surface area contributed by atoms with E-state index in [9.17, 15) is 0 Å². The zero-order chi connectivity index (χ0) is 13.1. The number of ether oxygens (including phenoxy) is 1. The molecular weight excluding hydrogens is 212 g/mol. The van der Waals surface area contributed by atoms with Gasteiger partial charge in [0, 0.05) is 25.7 Å². The van der Waals surface area contributed by atoms with E-state index in [2.05, 4.69) is 31.0 Å². The van der Waals surface area contributed by atoms with Gasteiger partial charge in [-0.25, -0.2) is 0 Å². The van der Waals surface area contributed by atoms with E-state index in [1.165, 1.54) is 32.2 Å². The predicted octanol–water partition coefficient (Wildman–Crippen LogP) is 2.51. The van der Waals surface area contributed by atoms with Crippen molar-refractivity contribution < 1.29 is 4.74 Å². The molecule has 1 N–H and O–H groups in total. The average molecular weight is 244 g/mol. The number of nitrogens with one attached hydrogen (secondary N) is 1. The molecule has 0 aromatic rings. The highest BCUT2D eigenvalue weighted by atomic mass is 16.5. The number of nitrogens with zero attached hydrogens (tertiary/aromatic N) is 1. The van der Waals surface area contributed by atoms with Crippen LogP contribution in [-0.4, -0.2) is 50.8 Å². The van der Waals surface area contributed by atoms with Gasteiger partial charge in [0.05, 0.1) is 6.61 Å². The minimum Gasteiger partial charge on any atom is -0.383 e. The van der Waals surface area contributed by atoms with Crippen LogP contribution in [0.25, 0.3) is 0 Å². The van der Waals surface area contributed by atoms with Gasteiger partial charge < -0.3 is 10.1 Å². The van der Waals surface area contributed by atoms with Crippen LogP contribution in [0.3, 0.4) is 0 Å². The van der Waals surface area contributed by atoms with Crippen LogP contribution in [0, 0.1) is 0 Å². The molecule has 2 unspecified atom stereocenters. The second kappa shape index (κ2) is 11.0. The Hall–Kier alpha value is -0.120. The molecule has 0 spiro atoms. The molecule has 0 aromatic heterocycles. The van der Waals surface area contributed by atoms with Crippen molar-refractivity contribution in [2.24, 2.45) is 0 Å². The first-order valence-corrected chi connectivity index (χ1v) is 7.05. The summed E-state index contributed by atoms with van der Waals surface area (Å²) in [5.41, 5.74) is 0. The van der Waals surface area contributed by atoms with E-state index in [1.807, 2.05) is 7.05 Å². The van der Waals surface area contributed by atoms with E-state index < -0.39 is 0 Å². The minimum absolute atomic E-state index is 0.644.